The minimum Gasteiger partial charge on any atom is -0.465 e. The molecule has 1 amide bonds. The Bertz CT molecular complexity index is 911. The second-order valence-electron chi connectivity index (χ2n) is 8.57. The summed E-state index contributed by atoms with van der Waals surface area (Å²) in [6.45, 7) is 2.18. The number of carbonyl (C=O) groups is 1. The van der Waals surface area contributed by atoms with E-state index in [4.69, 9.17) is 0 Å². The van der Waals surface area contributed by atoms with Crippen LogP contribution in [0.5, 0.6) is 0 Å². The molecule has 2 saturated carbocycles. The van der Waals surface area contributed by atoms with Crippen LogP contribution < -0.4 is 5.32 Å². The molecule has 4 rings (SSSR count). The van der Waals surface area contributed by atoms with E-state index in [2.05, 4.69) is 23.3 Å². The van der Waals surface area contributed by atoms with Gasteiger partial charge < -0.3 is 10.4 Å². The highest BCUT2D eigenvalue weighted by atomic mass is 19.1. The molecule has 0 bridgehead atoms. The Balaban J connectivity index is 1.56. The van der Waals surface area contributed by atoms with E-state index < -0.39 is 6.09 Å². The number of aromatic nitrogens is 1. The molecule has 0 spiro atoms. The van der Waals surface area contributed by atoms with Gasteiger partial charge in [-0.15, -0.1) is 0 Å². The fourth-order valence-corrected chi connectivity index (χ4v) is 5.33. The Morgan fingerprint density at radius 2 is 2.07 bits per heavy atom. The van der Waals surface area contributed by atoms with E-state index in [0.29, 0.717) is 11.8 Å². The number of fused-ring (bicyclic) bond motifs is 1. The summed E-state index contributed by atoms with van der Waals surface area (Å²) >= 11 is 0. The molecule has 1 aromatic carbocycles. The molecule has 0 aliphatic heterocycles. The summed E-state index contributed by atoms with van der Waals surface area (Å²) in [5, 5.41) is 12.1. The number of hydrogen-bond donors (Lipinski definition) is 2. The van der Waals surface area contributed by atoms with Gasteiger partial charge in [0, 0.05) is 23.2 Å². The largest absolute Gasteiger partial charge is 0.465 e. The third kappa shape index (κ3) is 4.04. The monoisotopic (exact) mass is 394 g/mol. The second-order valence-corrected chi connectivity index (χ2v) is 8.57. The predicted molar refractivity (Wildman–Crippen MR) is 112 cm³/mol. The lowest BCUT2D eigenvalue weighted by molar-refractivity contribution is 0.160. The van der Waals surface area contributed by atoms with Crippen LogP contribution in [0.25, 0.3) is 17.2 Å². The Labute approximate surface area is 170 Å². The van der Waals surface area contributed by atoms with Crippen molar-refractivity contribution in [3.05, 3.63) is 60.2 Å². The summed E-state index contributed by atoms with van der Waals surface area (Å²) in [6.07, 6.45) is 10.7. The summed E-state index contributed by atoms with van der Waals surface area (Å²) < 4.78 is 13.5. The standard InChI is InChI=1S/C24H27FN2O2/c1-24(21-8-3-2-5-17(21)14-22(24)27-23(28)29)12-11-20-10-9-18(15-26-20)16-6-4-7-19(25)13-16/h4,6-7,9-13,15,17,21-22,27H,2-3,5,8,14H2,1H3,(H,28,29)/t17-,21-,22?,24?/m1/s1. The number of hydrogen-bond acceptors (Lipinski definition) is 2. The first-order chi connectivity index (χ1) is 14.0. The van der Waals surface area contributed by atoms with Gasteiger partial charge in [-0.25, -0.2) is 9.18 Å². The van der Waals surface area contributed by atoms with Crippen LogP contribution in [0, 0.1) is 23.1 Å². The molecule has 1 aromatic heterocycles. The molecule has 2 unspecified atom stereocenters. The number of halogens is 1. The van der Waals surface area contributed by atoms with Gasteiger partial charge in [0.2, 0.25) is 0 Å². The Hall–Kier alpha value is -2.69. The Morgan fingerprint density at radius 1 is 1.24 bits per heavy atom. The van der Waals surface area contributed by atoms with Crippen LogP contribution in [0.15, 0.2) is 48.7 Å². The number of nitrogens with one attached hydrogen (secondary N) is 1. The van der Waals surface area contributed by atoms with Crippen molar-refractivity contribution >= 4 is 12.2 Å². The fraction of sp³-hybridized carbons (Fsp3) is 0.417. The molecular formula is C24H27FN2O2. The number of pyridine rings is 1. The van der Waals surface area contributed by atoms with E-state index in [9.17, 15) is 14.3 Å². The SMILES string of the molecule is CC1(C=Cc2ccc(-c3cccc(F)c3)cn2)C(NC(=O)O)C[C@H]2CCCC[C@H]21. The first kappa shape index (κ1) is 19.6. The van der Waals surface area contributed by atoms with Crippen LogP contribution in [0.1, 0.15) is 44.7 Å². The fourth-order valence-electron chi connectivity index (χ4n) is 5.33. The molecule has 152 valence electrons. The highest BCUT2D eigenvalue weighted by Crippen LogP contribution is 2.54. The van der Waals surface area contributed by atoms with Crippen LogP contribution in [0.3, 0.4) is 0 Å². The quantitative estimate of drug-likeness (QED) is 0.694. The minimum absolute atomic E-state index is 0.0732. The molecule has 29 heavy (non-hydrogen) atoms. The molecular weight excluding hydrogens is 367 g/mol. The lowest BCUT2D eigenvalue weighted by atomic mass is 9.69. The van der Waals surface area contributed by atoms with Gasteiger partial charge in [0.1, 0.15) is 5.82 Å². The summed E-state index contributed by atoms with van der Waals surface area (Å²) in [7, 11) is 0. The normalized spacial score (nSPS) is 29.0. The second kappa shape index (κ2) is 7.97. The Kier molecular flexibility index (Phi) is 5.39. The van der Waals surface area contributed by atoms with Crippen molar-refractivity contribution in [3.8, 4) is 11.1 Å². The van der Waals surface area contributed by atoms with Crippen LogP contribution in [0.4, 0.5) is 9.18 Å². The van der Waals surface area contributed by atoms with Crippen LogP contribution in [-0.2, 0) is 0 Å². The van der Waals surface area contributed by atoms with E-state index in [1.54, 1.807) is 12.3 Å². The highest BCUT2D eigenvalue weighted by Gasteiger charge is 2.51. The average Bonchev–Trinajstić information content (AvgIpc) is 2.98. The van der Waals surface area contributed by atoms with Gasteiger partial charge in [-0.05, 0) is 54.5 Å². The molecule has 2 aliphatic rings. The summed E-state index contributed by atoms with van der Waals surface area (Å²) in [5.74, 6) is 0.814. The number of nitrogens with zero attached hydrogens (tertiary/aromatic N) is 1. The highest BCUT2D eigenvalue weighted by molar-refractivity contribution is 5.66. The van der Waals surface area contributed by atoms with Crippen LogP contribution >= 0.6 is 0 Å². The first-order valence-corrected chi connectivity index (χ1v) is 10.4. The van der Waals surface area contributed by atoms with Crippen molar-refractivity contribution in [3.63, 3.8) is 0 Å². The zero-order valence-corrected chi connectivity index (χ0v) is 16.6. The van der Waals surface area contributed by atoms with Crippen molar-refractivity contribution in [2.24, 2.45) is 17.3 Å². The van der Waals surface area contributed by atoms with Gasteiger partial charge in [-0.1, -0.05) is 50.5 Å². The van der Waals surface area contributed by atoms with Crippen molar-refractivity contribution in [1.29, 1.82) is 0 Å². The maximum absolute atomic E-state index is 13.5. The van der Waals surface area contributed by atoms with E-state index in [1.165, 1.54) is 31.4 Å². The molecule has 0 radical (unpaired) electrons. The molecule has 1 heterocycles. The van der Waals surface area contributed by atoms with Crippen LogP contribution in [0.2, 0.25) is 0 Å². The van der Waals surface area contributed by atoms with Gasteiger partial charge in [0.15, 0.2) is 0 Å². The van der Waals surface area contributed by atoms with Crippen molar-refractivity contribution in [2.75, 3.05) is 0 Å². The van der Waals surface area contributed by atoms with E-state index in [0.717, 1.165) is 29.7 Å². The number of amides is 1. The number of rotatable bonds is 4. The van der Waals surface area contributed by atoms with Crippen molar-refractivity contribution in [2.45, 2.75) is 45.1 Å². The molecule has 4 atom stereocenters. The zero-order valence-electron chi connectivity index (χ0n) is 16.6. The smallest absolute Gasteiger partial charge is 0.404 e. The maximum atomic E-state index is 13.5. The summed E-state index contributed by atoms with van der Waals surface area (Å²) in [6, 6.07) is 10.3. The lowest BCUT2D eigenvalue weighted by Gasteiger charge is -2.37. The van der Waals surface area contributed by atoms with E-state index >= 15 is 0 Å². The number of carboxylic acid groups (broad SMARTS) is 1. The molecule has 0 saturated heterocycles. The maximum Gasteiger partial charge on any atom is 0.404 e. The number of benzene rings is 1. The van der Waals surface area contributed by atoms with E-state index in [-0.39, 0.29) is 17.3 Å². The lowest BCUT2D eigenvalue weighted by Crippen LogP contribution is -2.43. The van der Waals surface area contributed by atoms with Gasteiger partial charge in [-0.3, -0.25) is 4.98 Å². The Morgan fingerprint density at radius 3 is 2.79 bits per heavy atom. The first-order valence-electron chi connectivity index (χ1n) is 10.4. The molecule has 4 nitrogen and oxygen atoms in total. The summed E-state index contributed by atoms with van der Waals surface area (Å²) in [4.78, 5) is 15.9. The van der Waals surface area contributed by atoms with Gasteiger partial charge in [0.25, 0.3) is 0 Å². The third-order valence-electron chi connectivity index (χ3n) is 6.85. The predicted octanol–water partition coefficient (Wildman–Crippen LogP) is 5.75. The molecule has 2 fully saturated rings. The van der Waals surface area contributed by atoms with Crippen LogP contribution in [-0.4, -0.2) is 22.2 Å². The molecule has 5 heteroatoms. The average molecular weight is 394 g/mol. The molecule has 2 aromatic rings. The molecule has 2 N–H and O–H groups in total. The van der Waals surface area contributed by atoms with Gasteiger partial charge in [-0.2, -0.15) is 0 Å². The van der Waals surface area contributed by atoms with Crippen molar-refractivity contribution in [1.82, 2.24) is 10.3 Å². The zero-order chi connectivity index (χ0) is 20.4. The van der Waals surface area contributed by atoms with Gasteiger partial charge >= 0.3 is 6.09 Å². The third-order valence-corrected chi connectivity index (χ3v) is 6.85. The minimum atomic E-state index is -0.953. The van der Waals surface area contributed by atoms with Crippen molar-refractivity contribution < 1.29 is 14.3 Å². The molecule has 2 aliphatic carbocycles. The van der Waals surface area contributed by atoms with E-state index in [1.807, 2.05) is 24.3 Å². The van der Waals surface area contributed by atoms with Gasteiger partial charge in [0.05, 0.1) is 5.69 Å². The topological polar surface area (TPSA) is 62.2 Å². The summed E-state index contributed by atoms with van der Waals surface area (Å²) in [5.41, 5.74) is 2.27.